The van der Waals surface area contributed by atoms with Gasteiger partial charge in [-0.15, -0.1) is 0 Å². The number of halogens is 1. The van der Waals surface area contributed by atoms with Crippen LogP contribution < -0.4 is 5.32 Å². The Morgan fingerprint density at radius 3 is 2.81 bits per heavy atom. The van der Waals surface area contributed by atoms with Gasteiger partial charge in [-0.05, 0) is 44.1 Å². The van der Waals surface area contributed by atoms with Crippen LogP contribution in [0.3, 0.4) is 0 Å². The van der Waals surface area contributed by atoms with Crippen molar-refractivity contribution >= 4 is 0 Å². The molecule has 0 unspecified atom stereocenters. The Hall–Kier alpha value is -0.930. The van der Waals surface area contributed by atoms with Crippen LogP contribution in [0, 0.1) is 5.82 Å². The number of rotatable bonds is 5. The third-order valence-electron chi connectivity index (χ3n) is 3.28. The van der Waals surface area contributed by atoms with Crippen LogP contribution in [0.1, 0.15) is 18.4 Å². The average Bonchev–Trinajstić information content (AvgIpc) is 2.22. The highest BCUT2D eigenvalue weighted by Crippen LogP contribution is 2.36. The standard InChI is InChI=1S/C13H18FNO/c1-15-7-3-6-13(9-16-10-13)11-4-2-5-12(14)8-11/h2,4-5,8,15H,3,6-7,9-10H2,1H3. The van der Waals surface area contributed by atoms with E-state index in [2.05, 4.69) is 5.32 Å². The minimum Gasteiger partial charge on any atom is -0.379 e. The molecule has 1 saturated heterocycles. The molecule has 0 aromatic heterocycles. The van der Waals surface area contributed by atoms with Gasteiger partial charge in [-0.3, -0.25) is 0 Å². The molecule has 1 aliphatic rings. The van der Waals surface area contributed by atoms with Crippen molar-refractivity contribution in [3.63, 3.8) is 0 Å². The lowest BCUT2D eigenvalue weighted by Gasteiger charge is -2.42. The van der Waals surface area contributed by atoms with Gasteiger partial charge in [-0.1, -0.05) is 12.1 Å². The van der Waals surface area contributed by atoms with E-state index in [4.69, 9.17) is 4.74 Å². The fourth-order valence-corrected chi connectivity index (χ4v) is 2.23. The first-order valence-corrected chi connectivity index (χ1v) is 5.75. The van der Waals surface area contributed by atoms with E-state index in [9.17, 15) is 4.39 Å². The SMILES string of the molecule is CNCCCC1(c2cccc(F)c2)COC1. The van der Waals surface area contributed by atoms with E-state index in [1.807, 2.05) is 13.1 Å². The van der Waals surface area contributed by atoms with Crippen LogP contribution in [-0.2, 0) is 10.2 Å². The fraction of sp³-hybridized carbons (Fsp3) is 0.538. The minimum absolute atomic E-state index is 0.0545. The Kier molecular flexibility index (Phi) is 3.56. The maximum absolute atomic E-state index is 13.2. The summed E-state index contributed by atoms with van der Waals surface area (Å²) in [5.74, 6) is -0.155. The summed E-state index contributed by atoms with van der Waals surface area (Å²) in [6.45, 7) is 2.44. The van der Waals surface area contributed by atoms with Crippen LogP contribution in [0.5, 0.6) is 0 Å². The molecule has 1 N–H and O–H groups in total. The van der Waals surface area contributed by atoms with Gasteiger partial charge in [0.2, 0.25) is 0 Å². The quantitative estimate of drug-likeness (QED) is 0.772. The molecular formula is C13H18FNO. The topological polar surface area (TPSA) is 21.3 Å². The van der Waals surface area contributed by atoms with Gasteiger partial charge in [0.25, 0.3) is 0 Å². The molecular weight excluding hydrogens is 205 g/mol. The molecule has 0 bridgehead atoms. The number of benzene rings is 1. The van der Waals surface area contributed by atoms with Crippen LogP contribution in [0.4, 0.5) is 4.39 Å². The van der Waals surface area contributed by atoms with Crippen LogP contribution in [0.25, 0.3) is 0 Å². The van der Waals surface area contributed by atoms with Crippen LogP contribution in [0.15, 0.2) is 24.3 Å². The van der Waals surface area contributed by atoms with E-state index >= 15 is 0 Å². The summed E-state index contributed by atoms with van der Waals surface area (Å²) in [6, 6.07) is 6.92. The maximum Gasteiger partial charge on any atom is 0.123 e. The van der Waals surface area contributed by atoms with E-state index in [-0.39, 0.29) is 11.2 Å². The highest BCUT2D eigenvalue weighted by atomic mass is 19.1. The van der Waals surface area contributed by atoms with Gasteiger partial charge in [0.05, 0.1) is 13.2 Å². The summed E-state index contributed by atoms with van der Waals surface area (Å²) >= 11 is 0. The molecule has 1 aromatic rings. The zero-order chi connectivity index (χ0) is 11.4. The van der Waals surface area contributed by atoms with Crippen molar-refractivity contribution in [2.45, 2.75) is 18.3 Å². The largest absolute Gasteiger partial charge is 0.379 e. The zero-order valence-corrected chi connectivity index (χ0v) is 9.63. The molecule has 2 nitrogen and oxygen atoms in total. The molecule has 0 aliphatic carbocycles. The Labute approximate surface area is 95.8 Å². The number of nitrogens with one attached hydrogen (secondary N) is 1. The first kappa shape index (κ1) is 11.6. The number of ether oxygens (including phenoxy) is 1. The van der Waals surface area contributed by atoms with E-state index in [1.165, 1.54) is 6.07 Å². The van der Waals surface area contributed by atoms with Crippen molar-refractivity contribution < 1.29 is 9.13 Å². The predicted octanol–water partition coefficient (Wildman–Crippen LogP) is 2.09. The normalized spacial score (nSPS) is 18.1. The van der Waals surface area contributed by atoms with Crippen molar-refractivity contribution in [2.75, 3.05) is 26.8 Å². The molecule has 0 atom stereocenters. The van der Waals surface area contributed by atoms with E-state index in [1.54, 1.807) is 12.1 Å². The number of hydrogen-bond acceptors (Lipinski definition) is 2. The molecule has 1 aromatic carbocycles. The monoisotopic (exact) mass is 223 g/mol. The molecule has 16 heavy (non-hydrogen) atoms. The molecule has 1 fully saturated rings. The Balaban J connectivity index is 2.08. The van der Waals surface area contributed by atoms with Gasteiger partial charge in [0, 0.05) is 5.41 Å². The minimum atomic E-state index is -0.155. The summed E-state index contributed by atoms with van der Waals surface area (Å²) < 4.78 is 18.5. The lowest BCUT2D eigenvalue weighted by molar-refractivity contribution is -0.0651. The Morgan fingerprint density at radius 1 is 1.44 bits per heavy atom. The number of hydrogen-bond donors (Lipinski definition) is 1. The molecule has 0 spiro atoms. The van der Waals surface area contributed by atoms with E-state index in [0.29, 0.717) is 0 Å². The molecule has 0 radical (unpaired) electrons. The summed E-state index contributed by atoms with van der Waals surface area (Å²) in [5, 5.41) is 3.14. The average molecular weight is 223 g/mol. The van der Waals surface area contributed by atoms with Gasteiger partial charge in [0.1, 0.15) is 5.82 Å². The third kappa shape index (κ3) is 2.25. The van der Waals surface area contributed by atoms with E-state index in [0.717, 1.165) is 38.2 Å². The molecule has 3 heteroatoms. The van der Waals surface area contributed by atoms with Gasteiger partial charge >= 0.3 is 0 Å². The van der Waals surface area contributed by atoms with Gasteiger partial charge in [-0.2, -0.15) is 0 Å². The highest BCUT2D eigenvalue weighted by Gasteiger charge is 2.39. The molecule has 2 rings (SSSR count). The zero-order valence-electron chi connectivity index (χ0n) is 9.63. The van der Waals surface area contributed by atoms with Crippen molar-refractivity contribution in [2.24, 2.45) is 0 Å². The second kappa shape index (κ2) is 4.93. The Morgan fingerprint density at radius 2 is 2.25 bits per heavy atom. The summed E-state index contributed by atoms with van der Waals surface area (Å²) in [5.41, 5.74) is 1.13. The molecule has 0 saturated carbocycles. The van der Waals surface area contributed by atoms with Crippen molar-refractivity contribution in [3.05, 3.63) is 35.6 Å². The van der Waals surface area contributed by atoms with Crippen molar-refractivity contribution in [1.29, 1.82) is 0 Å². The van der Waals surface area contributed by atoms with Gasteiger partial charge in [0.15, 0.2) is 0 Å². The fourth-order valence-electron chi connectivity index (χ4n) is 2.23. The van der Waals surface area contributed by atoms with Gasteiger partial charge in [-0.25, -0.2) is 4.39 Å². The molecule has 1 aliphatic heterocycles. The van der Waals surface area contributed by atoms with Crippen molar-refractivity contribution in [3.8, 4) is 0 Å². The van der Waals surface area contributed by atoms with Gasteiger partial charge < -0.3 is 10.1 Å². The Bertz CT molecular complexity index is 350. The molecule has 88 valence electrons. The second-order valence-corrected chi connectivity index (χ2v) is 4.49. The van der Waals surface area contributed by atoms with E-state index < -0.39 is 0 Å². The summed E-state index contributed by atoms with van der Waals surface area (Å²) in [4.78, 5) is 0. The molecule has 1 heterocycles. The van der Waals surface area contributed by atoms with Crippen LogP contribution >= 0.6 is 0 Å². The smallest absolute Gasteiger partial charge is 0.123 e. The van der Waals surface area contributed by atoms with Crippen molar-refractivity contribution in [1.82, 2.24) is 5.32 Å². The summed E-state index contributed by atoms with van der Waals surface area (Å²) in [6.07, 6.45) is 2.15. The van der Waals surface area contributed by atoms with Crippen LogP contribution in [0.2, 0.25) is 0 Å². The lowest BCUT2D eigenvalue weighted by atomic mass is 9.75. The maximum atomic E-state index is 13.2. The van der Waals surface area contributed by atoms with Crippen LogP contribution in [-0.4, -0.2) is 26.8 Å². The predicted molar refractivity (Wildman–Crippen MR) is 62.1 cm³/mol. The molecule has 0 amide bonds. The highest BCUT2D eigenvalue weighted by molar-refractivity contribution is 5.28. The second-order valence-electron chi connectivity index (χ2n) is 4.49. The third-order valence-corrected chi connectivity index (χ3v) is 3.28. The first-order chi connectivity index (χ1) is 7.77. The first-order valence-electron chi connectivity index (χ1n) is 5.75. The summed E-state index contributed by atoms with van der Waals surface area (Å²) in [7, 11) is 1.95. The lowest BCUT2D eigenvalue weighted by Crippen LogP contribution is -2.47.